The molecule has 1 N–H and O–H groups in total. The van der Waals surface area contributed by atoms with Crippen LogP contribution in [0.25, 0.3) is 4.91 Å². The van der Waals surface area contributed by atoms with Gasteiger partial charge in [0.1, 0.15) is 10.7 Å². The highest BCUT2D eigenvalue weighted by atomic mass is 35.5. The Morgan fingerprint density at radius 3 is 2.08 bits per heavy atom. The second-order valence-corrected chi connectivity index (χ2v) is 7.85. The molecule has 0 unspecified atom stereocenters. The number of benzene rings is 2. The van der Waals surface area contributed by atoms with Crippen molar-refractivity contribution in [3.8, 4) is 0 Å². The van der Waals surface area contributed by atoms with Crippen LogP contribution in [0, 0.1) is 0 Å². The summed E-state index contributed by atoms with van der Waals surface area (Å²) in [5.74, 6) is 0.356. The highest BCUT2D eigenvalue weighted by molar-refractivity contribution is 8.00. The van der Waals surface area contributed by atoms with Crippen LogP contribution in [0.1, 0.15) is 18.1 Å². The molecular weight excluding hydrogens is 367 g/mol. The summed E-state index contributed by atoms with van der Waals surface area (Å²) in [6, 6.07) is 14.0. The van der Waals surface area contributed by atoms with Gasteiger partial charge in [0.25, 0.3) is 10.0 Å². The molecular formula is C17H14Cl2N2O2S. The van der Waals surface area contributed by atoms with E-state index in [0.717, 1.165) is 5.56 Å². The van der Waals surface area contributed by atoms with Gasteiger partial charge in [0, 0.05) is 15.6 Å². The van der Waals surface area contributed by atoms with E-state index in [2.05, 4.69) is 9.71 Å². The Hall–Kier alpha value is -1.82. The number of rotatable bonds is 3. The fourth-order valence-corrected chi connectivity index (χ4v) is 4.22. The molecule has 0 atom stereocenters. The Balaban J connectivity index is 1.94. The van der Waals surface area contributed by atoms with Crippen LogP contribution in [-0.2, 0) is 16.6 Å². The van der Waals surface area contributed by atoms with Crippen LogP contribution >= 0.6 is 23.2 Å². The minimum Gasteiger partial charge on any atom is -0.263 e. The van der Waals surface area contributed by atoms with Gasteiger partial charge in [-0.3, -0.25) is 9.71 Å². The average molecular weight is 381 g/mol. The van der Waals surface area contributed by atoms with Crippen molar-refractivity contribution in [3.05, 3.63) is 75.3 Å². The van der Waals surface area contributed by atoms with Crippen molar-refractivity contribution in [1.82, 2.24) is 4.72 Å². The average Bonchev–Trinajstić information content (AvgIpc) is 2.77. The van der Waals surface area contributed by atoms with Crippen LogP contribution < -0.4 is 4.72 Å². The predicted molar refractivity (Wildman–Crippen MR) is 98.7 cm³/mol. The lowest BCUT2D eigenvalue weighted by atomic mass is 10.1. The number of sulfonamides is 1. The lowest BCUT2D eigenvalue weighted by Crippen LogP contribution is -2.23. The number of halogens is 2. The van der Waals surface area contributed by atoms with Crippen molar-refractivity contribution in [2.75, 3.05) is 0 Å². The van der Waals surface area contributed by atoms with Crippen LogP contribution in [0.15, 0.2) is 59.1 Å². The molecule has 3 rings (SSSR count). The van der Waals surface area contributed by atoms with E-state index in [1.807, 2.05) is 12.1 Å². The van der Waals surface area contributed by atoms with Crippen molar-refractivity contribution in [3.63, 3.8) is 0 Å². The zero-order valence-electron chi connectivity index (χ0n) is 12.8. The molecule has 0 radical (unpaired) electrons. The second-order valence-electron chi connectivity index (χ2n) is 5.36. The molecule has 0 bridgehead atoms. The maximum Gasteiger partial charge on any atom is 0.264 e. The Morgan fingerprint density at radius 2 is 1.50 bits per heavy atom. The van der Waals surface area contributed by atoms with Crippen molar-refractivity contribution < 1.29 is 8.42 Å². The molecule has 0 fully saturated rings. The summed E-state index contributed by atoms with van der Waals surface area (Å²) in [4.78, 5) is 4.62. The number of aliphatic imine (C=N–C) groups is 1. The monoisotopic (exact) mass is 380 g/mol. The van der Waals surface area contributed by atoms with E-state index in [1.54, 1.807) is 43.3 Å². The highest BCUT2D eigenvalue weighted by Gasteiger charge is 2.32. The van der Waals surface area contributed by atoms with E-state index >= 15 is 0 Å². The third-order valence-corrected chi connectivity index (χ3v) is 5.68. The molecule has 24 heavy (non-hydrogen) atoms. The van der Waals surface area contributed by atoms with Gasteiger partial charge < -0.3 is 0 Å². The van der Waals surface area contributed by atoms with Crippen LogP contribution in [-0.4, -0.2) is 14.3 Å². The van der Waals surface area contributed by atoms with Crippen LogP contribution in [0.2, 0.25) is 10.0 Å². The normalized spacial score (nSPS) is 18.0. The second kappa shape index (κ2) is 6.59. The molecule has 7 heteroatoms. The van der Waals surface area contributed by atoms with Crippen molar-refractivity contribution in [2.24, 2.45) is 4.99 Å². The SMILES string of the molecule is CC1=C(c2ccc(Cl)cc2)S(=O)(=O)NC1=NCc1ccc(Cl)cc1. The molecule has 0 aromatic heterocycles. The smallest absolute Gasteiger partial charge is 0.263 e. The van der Waals surface area contributed by atoms with Gasteiger partial charge in [-0.05, 0) is 42.3 Å². The Morgan fingerprint density at radius 1 is 0.958 bits per heavy atom. The molecule has 2 aromatic rings. The summed E-state index contributed by atoms with van der Waals surface area (Å²) in [7, 11) is -3.63. The molecule has 1 aliphatic rings. The number of hydrogen-bond acceptors (Lipinski definition) is 3. The lowest BCUT2D eigenvalue weighted by molar-refractivity contribution is 0.603. The molecule has 2 aromatic carbocycles. The van der Waals surface area contributed by atoms with Gasteiger partial charge in [0.05, 0.1) is 6.54 Å². The fourth-order valence-electron chi connectivity index (χ4n) is 2.45. The molecule has 124 valence electrons. The molecule has 0 aliphatic carbocycles. The largest absolute Gasteiger partial charge is 0.264 e. The van der Waals surface area contributed by atoms with Gasteiger partial charge in [-0.25, -0.2) is 8.42 Å². The first-order chi connectivity index (χ1) is 11.4. The quantitative estimate of drug-likeness (QED) is 0.864. The van der Waals surface area contributed by atoms with Crippen LogP contribution in [0.5, 0.6) is 0 Å². The summed E-state index contributed by atoms with van der Waals surface area (Å²) in [5, 5.41) is 1.20. The molecule has 0 saturated carbocycles. The molecule has 0 saturated heterocycles. The highest BCUT2D eigenvalue weighted by Crippen LogP contribution is 2.30. The number of hydrogen-bond donors (Lipinski definition) is 1. The summed E-state index contributed by atoms with van der Waals surface area (Å²) in [5.41, 5.74) is 2.12. The summed E-state index contributed by atoms with van der Waals surface area (Å²) < 4.78 is 27.4. The Bertz CT molecular complexity index is 932. The standard InChI is InChI=1S/C17H14Cl2N2O2S/c1-11-16(13-4-8-15(19)9-5-13)24(22,23)21-17(11)20-10-12-2-6-14(18)7-3-12/h2-9H,10H2,1H3,(H,20,21). The predicted octanol–water partition coefficient (Wildman–Crippen LogP) is 4.26. The Kier molecular flexibility index (Phi) is 4.67. The van der Waals surface area contributed by atoms with E-state index in [0.29, 0.717) is 33.6 Å². The van der Waals surface area contributed by atoms with E-state index < -0.39 is 10.0 Å². The van der Waals surface area contributed by atoms with Gasteiger partial charge >= 0.3 is 0 Å². The van der Waals surface area contributed by atoms with E-state index in [4.69, 9.17) is 23.2 Å². The lowest BCUT2D eigenvalue weighted by Gasteiger charge is -2.03. The Labute approximate surface area is 150 Å². The van der Waals surface area contributed by atoms with Gasteiger partial charge in [0.2, 0.25) is 0 Å². The number of nitrogens with zero attached hydrogens (tertiary/aromatic N) is 1. The first-order valence-corrected chi connectivity index (χ1v) is 9.39. The van der Waals surface area contributed by atoms with Gasteiger partial charge in [-0.2, -0.15) is 0 Å². The number of nitrogens with one attached hydrogen (secondary N) is 1. The molecule has 0 amide bonds. The van der Waals surface area contributed by atoms with Crippen molar-refractivity contribution in [1.29, 1.82) is 0 Å². The van der Waals surface area contributed by atoms with Gasteiger partial charge in [-0.15, -0.1) is 0 Å². The van der Waals surface area contributed by atoms with Gasteiger partial charge in [0.15, 0.2) is 0 Å². The van der Waals surface area contributed by atoms with Crippen LogP contribution in [0.3, 0.4) is 0 Å². The fraction of sp³-hybridized carbons (Fsp3) is 0.118. The zero-order valence-corrected chi connectivity index (χ0v) is 15.1. The molecule has 1 heterocycles. The summed E-state index contributed by atoms with van der Waals surface area (Å²) in [6.07, 6.45) is 0. The van der Waals surface area contributed by atoms with Crippen molar-refractivity contribution in [2.45, 2.75) is 13.5 Å². The minimum atomic E-state index is -3.63. The third-order valence-electron chi connectivity index (χ3n) is 3.63. The number of amidine groups is 1. The molecule has 1 aliphatic heterocycles. The van der Waals surface area contributed by atoms with Crippen LogP contribution in [0.4, 0.5) is 0 Å². The third kappa shape index (κ3) is 3.48. The zero-order chi connectivity index (χ0) is 17.3. The van der Waals surface area contributed by atoms with E-state index in [9.17, 15) is 8.42 Å². The first-order valence-electron chi connectivity index (χ1n) is 7.16. The topological polar surface area (TPSA) is 58.5 Å². The maximum absolute atomic E-state index is 12.4. The molecule has 0 spiro atoms. The maximum atomic E-state index is 12.4. The van der Waals surface area contributed by atoms with Crippen molar-refractivity contribution >= 4 is 44.0 Å². The summed E-state index contributed by atoms with van der Waals surface area (Å²) in [6.45, 7) is 2.10. The van der Waals surface area contributed by atoms with E-state index in [1.165, 1.54) is 0 Å². The minimum absolute atomic E-state index is 0.231. The molecule has 4 nitrogen and oxygen atoms in total. The van der Waals surface area contributed by atoms with Gasteiger partial charge in [-0.1, -0.05) is 47.5 Å². The first kappa shape index (κ1) is 17.0. The summed E-state index contributed by atoms with van der Waals surface area (Å²) >= 11 is 11.7. The van der Waals surface area contributed by atoms with E-state index in [-0.39, 0.29) is 4.91 Å².